The van der Waals surface area contributed by atoms with E-state index in [1.165, 1.54) is 5.56 Å². The first-order valence-electron chi connectivity index (χ1n) is 8.73. The van der Waals surface area contributed by atoms with E-state index in [-0.39, 0.29) is 6.09 Å². The average molecular weight is 321 g/mol. The van der Waals surface area contributed by atoms with Gasteiger partial charge in [0.1, 0.15) is 5.60 Å². The molecule has 1 aromatic heterocycles. The molecule has 0 spiro atoms. The summed E-state index contributed by atoms with van der Waals surface area (Å²) in [6.07, 6.45) is 7.41. The van der Waals surface area contributed by atoms with E-state index in [4.69, 9.17) is 4.74 Å². The second-order valence-corrected chi connectivity index (χ2v) is 7.40. The highest BCUT2D eigenvalue weighted by atomic mass is 16.6. The molecule has 1 fully saturated rings. The molecule has 1 atom stereocenters. The normalized spacial score (nSPS) is 19.0. The lowest BCUT2D eigenvalue weighted by molar-refractivity contribution is 0.0187. The first-order chi connectivity index (χ1) is 10.9. The van der Waals surface area contributed by atoms with Gasteiger partial charge in [-0.2, -0.15) is 0 Å². The van der Waals surface area contributed by atoms with Gasteiger partial charge in [-0.1, -0.05) is 6.92 Å². The SMILES string of the molecule is CCCn1ccc(CNC2CCCN(C(=O)OC(C)(C)C)C2)c1. The fraction of sp³-hybridized carbons (Fsp3) is 0.722. The maximum absolute atomic E-state index is 12.2. The molecule has 0 radical (unpaired) electrons. The average Bonchev–Trinajstić information content (AvgIpc) is 2.92. The Balaban J connectivity index is 1.80. The van der Waals surface area contributed by atoms with Gasteiger partial charge in [0.15, 0.2) is 0 Å². The van der Waals surface area contributed by atoms with Crippen molar-refractivity contribution in [2.75, 3.05) is 13.1 Å². The first kappa shape index (κ1) is 17.9. The number of carbonyl (C=O) groups is 1. The smallest absolute Gasteiger partial charge is 0.410 e. The van der Waals surface area contributed by atoms with E-state index >= 15 is 0 Å². The third-order valence-corrected chi connectivity index (χ3v) is 3.96. The monoisotopic (exact) mass is 321 g/mol. The molecule has 0 aliphatic carbocycles. The topological polar surface area (TPSA) is 46.5 Å². The molecule has 1 aromatic rings. The Kier molecular flexibility index (Phi) is 6.10. The van der Waals surface area contributed by atoms with Crippen LogP contribution in [0.25, 0.3) is 0 Å². The van der Waals surface area contributed by atoms with Gasteiger partial charge in [-0.3, -0.25) is 0 Å². The highest BCUT2D eigenvalue weighted by Gasteiger charge is 2.27. The van der Waals surface area contributed by atoms with Gasteiger partial charge in [-0.15, -0.1) is 0 Å². The third-order valence-electron chi connectivity index (χ3n) is 3.96. The maximum Gasteiger partial charge on any atom is 0.410 e. The van der Waals surface area contributed by atoms with Crippen LogP contribution in [0, 0.1) is 0 Å². The predicted octanol–water partition coefficient (Wildman–Crippen LogP) is 3.39. The quantitative estimate of drug-likeness (QED) is 0.904. The molecule has 1 amide bonds. The molecule has 0 aromatic carbocycles. The van der Waals surface area contributed by atoms with Crippen LogP contribution < -0.4 is 5.32 Å². The number of aromatic nitrogens is 1. The molecule has 1 aliphatic heterocycles. The Bertz CT molecular complexity index is 505. The number of hydrogen-bond acceptors (Lipinski definition) is 3. The minimum atomic E-state index is -0.431. The van der Waals surface area contributed by atoms with Crippen molar-refractivity contribution in [3.05, 3.63) is 24.0 Å². The molecule has 130 valence electrons. The lowest BCUT2D eigenvalue weighted by Crippen LogP contribution is -2.49. The fourth-order valence-electron chi connectivity index (χ4n) is 2.89. The van der Waals surface area contributed by atoms with Crippen molar-refractivity contribution < 1.29 is 9.53 Å². The van der Waals surface area contributed by atoms with Crippen molar-refractivity contribution in [3.8, 4) is 0 Å². The van der Waals surface area contributed by atoms with Crippen molar-refractivity contribution >= 4 is 6.09 Å². The lowest BCUT2D eigenvalue weighted by atomic mass is 10.1. The minimum Gasteiger partial charge on any atom is -0.444 e. The Hall–Kier alpha value is -1.49. The molecule has 2 heterocycles. The number of amides is 1. The van der Waals surface area contributed by atoms with E-state index in [2.05, 4.69) is 35.3 Å². The van der Waals surface area contributed by atoms with Crippen LogP contribution in [0.15, 0.2) is 18.5 Å². The molecule has 23 heavy (non-hydrogen) atoms. The summed E-state index contributed by atoms with van der Waals surface area (Å²) in [6, 6.07) is 2.50. The van der Waals surface area contributed by atoms with Crippen LogP contribution in [-0.2, 0) is 17.8 Å². The predicted molar refractivity (Wildman–Crippen MR) is 92.4 cm³/mol. The van der Waals surface area contributed by atoms with Gasteiger partial charge in [0.25, 0.3) is 0 Å². The zero-order valence-electron chi connectivity index (χ0n) is 15.0. The summed E-state index contributed by atoms with van der Waals surface area (Å²) >= 11 is 0. The van der Waals surface area contributed by atoms with Crippen molar-refractivity contribution in [2.45, 2.75) is 71.7 Å². The van der Waals surface area contributed by atoms with Crippen LogP contribution in [-0.4, -0.2) is 40.3 Å². The number of aryl methyl sites for hydroxylation is 1. The molecule has 2 rings (SSSR count). The Morgan fingerprint density at radius 2 is 2.22 bits per heavy atom. The van der Waals surface area contributed by atoms with Crippen LogP contribution in [0.1, 0.15) is 52.5 Å². The molecule has 1 unspecified atom stereocenters. The summed E-state index contributed by atoms with van der Waals surface area (Å²) < 4.78 is 7.70. The maximum atomic E-state index is 12.2. The highest BCUT2D eigenvalue weighted by molar-refractivity contribution is 5.68. The van der Waals surface area contributed by atoms with E-state index in [1.54, 1.807) is 0 Å². The van der Waals surface area contributed by atoms with Crippen LogP contribution in [0.2, 0.25) is 0 Å². The Morgan fingerprint density at radius 1 is 1.43 bits per heavy atom. The third kappa shape index (κ3) is 5.90. The minimum absolute atomic E-state index is 0.196. The summed E-state index contributed by atoms with van der Waals surface area (Å²) in [4.78, 5) is 14.0. The molecule has 1 aliphatic rings. The van der Waals surface area contributed by atoms with E-state index < -0.39 is 5.60 Å². The van der Waals surface area contributed by atoms with Crippen molar-refractivity contribution in [2.24, 2.45) is 0 Å². The number of piperidine rings is 1. The molecular formula is C18H31N3O2. The van der Waals surface area contributed by atoms with Crippen molar-refractivity contribution in [3.63, 3.8) is 0 Å². The number of carbonyl (C=O) groups excluding carboxylic acids is 1. The first-order valence-corrected chi connectivity index (χ1v) is 8.73. The fourth-order valence-corrected chi connectivity index (χ4v) is 2.89. The van der Waals surface area contributed by atoms with Gasteiger partial charge >= 0.3 is 6.09 Å². The Morgan fingerprint density at radius 3 is 2.91 bits per heavy atom. The van der Waals surface area contributed by atoms with Crippen LogP contribution in [0.4, 0.5) is 4.79 Å². The van der Waals surface area contributed by atoms with Crippen molar-refractivity contribution in [1.29, 1.82) is 0 Å². The summed E-state index contributed by atoms with van der Waals surface area (Å²) in [6.45, 7) is 11.3. The molecule has 0 saturated carbocycles. The molecule has 0 bridgehead atoms. The molecule has 5 heteroatoms. The van der Waals surface area contributed by atoms with Crippen molar-refractivity contribution in [1.82, 2.24) is 14.8 Å². The highest BCUT2D eigenvalue weighted by Crippen LogP contribution is 2.16. The van der Waals surface area contributed by atoms with Gasteiger partial charge in [-0.05, 0) is 51.7 Å². The second-order valence-electron chi connectivity index (χ2n) is 7.40. The van der Waals surface area contributed by atoms with E-state index in [0.717, 1.165) is 45.4 Å². The number of nitrogens with one attached hydrogen (secondary N) is 1. The van der Waals surface area contributed by atoms with Gasteiger partial charge in [0.2, 0.25) is 0 Å². The van der Waals surface area contributed by atoms with E-state index in [9.17, 15) is 4.79 Å². The van der Waals surface area contributed by atoms with Crippen LogP contribution in [0.3, 0.4) is 0 Å². The number of hydrogen-bond donors (Lipinski definition) is 1. The zero-order valence-corrected chi connectivity index (χ0v) is 15.0. The van der Waals surface area contributed by atoms with Crippen LogP contribution >= 0.6 is 0 Å². The Labute approximate surface area is 140 Å². The lowest BCUT2D eigenvalue weighted by Gasteiger charge is -2.34. The van der Waals surface area contributed by atoms with E-state index in [0.29, 0.717) is 6.04 Å². The van der Waals surface area contributed by atoms with Gasteiger partial charge in [0.05, 0.1) is 0 Å². The summed E-state index contributed by atoms with van der Waals surface area (Å²) in [5.74, 6) is 0. The molecule has 5 nitrogen and oxygen atoms in total. The largest absolute Gasteiger partial charge is 0.444 e. The van der Waals surface area contributed by atoms with Gasteiger partial charge in [-0.25, -0.2) is 4.79 Å². The molecular weight excluding hydrogens is 290 g/mol. The number of rotatable bonds is 5. The molecule has 1 saturated heterocycles. The number of nitrogens with zero attached hydrogens (tertiary/aromatic N) is 2. The van der Waals surface area contributed by atoms with Gasteiger partial charge in [0, 0.05) is 44.6 Å². The van der Waals surface area contributed by atoms with Crippen LogP contribution in [0.5, 0.6) is 0 Å². The zero-order chi connectivity index (χ0) is 16.9. The number of likely N-dealkylation sites (tertiary alicyclic amines) is 1. The van der Waals surface area contributed by atoms with E-state index in [1.807, 2.05) is 25.7 Å². The second kappa shape index (κ2) is 7.86. The standard InChI is InChI=1S/C18H31N3O2/c1-5-9-20-11-8-15(13-20)12-19-16-7-6-10-21(14-16)17(22)23-18(2,3)4/h8,11,13,16,19H,5-7,9-10,12,14H2,1-4H3. The number of ether oxygens (including phenoxy) is 1. The summed E-state index contributed by atoms with van der Waals surface area (Å²) in [5, 5.41) is 3.58. The van der Waals surface area contributed by atoms with Gasteiger partial charge < -0.3 is 19.5 Å². The summed E-state index contributed by atoms with van der Waals surface area (Å²) in [5.41, 5.74) is 0.868. The molecule has 1 N–H and O–H groups in total. The summed E-state index contributed by atoms with van der Waals surface area (Å²) in [7, 11) is 0.